The number of carbonyl (C=O) groups is 2. The number of methoxy groups -OCH3 is 1. The number of rotatable bonds is 4. The monoisotopic (exact) mass is 374 g/mol. The Hall–Kier alpha value is -4.07. The molecule has 4 aromatic rings. The number of fused-ring (bicyclic) bond motifs is 1. The fraction of sp³-hybridized carbons (Fsp3) is 0.0500. The molecule has 0 fully saturated rings. The molecule has 0 aliphatic rings. The molecule has 138 valence electrons. The molecule has 0 bridgehead atoms. The van der Waals surface area contributed by atoms with Gasteiger partial charge in [0.05, 0.1) is 36.3 Å². The van der Waals surface area contributed by atoms with Crippen LogP contribution in [0.3, 0.4) is 0 Å². The number of benzene rings is 2. The van der Waals surface area contributed by atoms with Gasteiger partial charge in [-0.1, -0.05) is 23.4 Å². The molecule has 4 rings (SSSR count). The molecule has 0 amide bonds. The first-order chi connectivity index (χ1) is 13.6. The van der Waals surface area contributed by atoms with Crippen LogP contribution in [0.5, 0.6) is 0 Å². The number of aromatic carboxylic acids is 1. The molecule has 0 unspecified atom stereocenters. The molecule has 28 heavy (non-hydrogen) atoms. The van der Waals surface area contributed by atoms with E-state index in [0.29, 0.717) is 16.9 Å². The number of esters is 1. The molecule has 0 saturated heterocycles. The summed E-state index contributed by atoms with van der Waals surface area (Å²) < 4.78 is 6.35. The Morgan fingerprint density at radius 1 is 1.04 bits per heavy atom. The summed E-state index contributed by atoms with van der Waals surface area (Å²) in [5.41, 5.74) is 2.60. The summed E-state index contributed by atoms with van der Waals surface area (Å²) in [6, 6.07) is 11.6. The molecule has 8 nitrogen and oxygen atoms in total. The Kier molecular flexibility index (Phi) is 4.29. The van der Waals surface area contributed by atoms with Crippen molar-refractivity contribution in [2.75, 3.05) is 7.11 Å². The van der Waals surface area contributed by atoms with Crippen LogP contribution < -0.4 is 0 Å². The van der Waals surface area contributed by atoms with E-state index in [0.717, 1.165) is 16.3 Å². The summed E-state index contributed by atoms with van der Waals surface area (Å²) in [5, 5.41) is 18.9. The highest BCUT2D eigenvalue weighted by atomic mass is 16.5. The molecule has 0 aliphatic heterocycles. The number of pyridine rings is 1. The maximum atomic E-state index is 11.9. The zero-order valence-electron chi connectivity index (χ0n) is 14.7. The zero-order valence-corrected chi connectivity index (χ0v) is 14.7. The molecule has 0 saturated carbocycles. The largest absolute Gasteiger partial charge is 0.478 e. The maximum absolute atomic E-state index is 11.9. The van der Waals surface area contributed by atoms with Crippen molar-refractivity contribution < 1.29 is 19.4 Å². The smallest absolute Gasteiger partial charge is 0.337 e. The summed E-state index contributed by atoms with van der Waals surface area (Å²) in [5.74, 6) is -1.42. The van der Waals surface area contributed by atoms with Crippen LogP contribution in [0.2, 0.25) is 0 Å². The third-order valence-electron chi connectivity index (χ3n) is 4.33. The van der Waals surface area contributed by atoms with Gasteiger partial charge in [-0.15, -0.1) is 5.10 Å². The molecule has 0 atom stereocenters. The Labute approximate surface area is 159 Å². The quantitative estimate of drug-likeness (QED) is 0.547. The van der Waals surface area contributed by atoms with Gasteiger partial charge in [0, 0.05) is 22.5 Å². The second kappa shape index (κ2) is 6.92. The second-order valence-corrected chi connectivity index (χ2v) is 6.02. The van der Waals surface area contributed by atoms with E-state index in [2.05, 4.69) is 15.3 Å². The lowest BCUT2D eigenvalue weighted by Gasteiger charge is -2.07. The minimum atomic E-state index is -0.988. The zero-order chi connectivity index (χ0) is 19.7. The van der Waals surface area contributed by atoms with Gasteiger partial charge in [0.25, 0.3) is 0 Å². The van der Waals surface area contributed by atoms with E-state index >= 15 is 0 Å². The standard InChI is InChI=1S/C20H14N4O4/c1-28-20(27)14-6-7-15-9-21-10-18(16(15)8-14)24-11-17(22-23-24)12-2-4-13(5-3-12)19(25)26/h2-11H,1H3,(H,25,26). The molecule has 8 heteroatoms. The van der Waals surface area contributed by atoms with E-state index in [9.17, 15) is 9.59 Å². The predicted octanol–water partition coefficient (Wildman–Crippen LogP) is 2.97. The van der Waals surface area contributed by atoms with Crippen LogP contribution in [-0.4, -0.2) is 44.1 Å². The number of carbonyl (C=O) groups excluding carboxylic acids is 1. The normalized spacial score (nSPS) is 10.8. The minimum absolute atomic E-state index is 0.199. The van der Waals surface area contributed by atoms with Gasteiger partial charge in [0.1, 0.15) is 5.69 Å². The average Bonchev–Trinajstić information content (AvgIpc) is 3.22. The molecule has 0 spiro atoms. The Bertz CT molecular complexity index is 1200. The van der Waals surface area contributed by atoms with Crippen LogP contribution >= 0.6 is 0 Å². The van der Waals surface area contributed by atoms with Crippen molar-refractivity contribution in [2.24, 2.45) is 0 Å². The van der Waals surface area contributed by atoms with Crippen molar-refractivity contribution >= 4 is 22.7 Å². The lowest BCUT2D eigenvalue weighted by molar-refractivity contribution is 0.0600. The summed E-state index contributed by atoms with van der Waals surface area (Å²) in [6.45, 7) is 0. The lowest BCUT2D eigenvalue weighted by Crippen LogP contribution is -2.02. The van der Waals surface area contributed by atoms with Gasteiger partial charge in [0.2, 0.25) is 0 Å². The van der Waals surface area contributed by atoms with Crippen LogP contribution in [0.15, 0.2) is 61.1 Å². The van der Waals surface area contributed by atoms with Crippen LogP contribution in [0.1, 0.15) is 20.7 Å². The Morgan fingerprint density at radius 2 is 1.79 bits per heavy atom. The number of carboxylic acid groups (broad SMARTS) is 1. The fourth-order valence-electron chi connectivity index (χ4n) is 2.87. The number of ether oxygens (including phenoxy) is 1. The summed E-state index contributed by atoms with van der Waals surface area (Å²) >= 11 is 0. The van der Waals surface area contributed by atoms with Crippen molar-refractivity contribution in [3.05, 3.63) is 72.2 Å². The molecule has 0 radical (unpaired) electrons. The SMILES string of the molecule is COC(=O)c1ccc2cncc(-n3cc(-c4ccc(C(=O)O)cc4)nn3)c2c1. The van der Waals surface area contributed by atoms with Crippen molar-refractivity contribution in [2.45, 2.75) is 0 Å². The topological polar surface area (TPSA) is 107 Å². The van der Waals surface area contributed by atoms with Crippen LogP contribution in [-0.2, 0) is 4.74 Å². The Morgan fingerprint density at radius 3 is 2.50 bits per heavy atom. The van der Waals surface area contributed by atoms with Gasteiger partial charge in [-0.25, -0.2) is 14.3 Å². The number of carboxylic acids is 1. The molecule has 2 aromatic carbocycles. The van der Waals surface area contributed by atoms with Gasteiger partial charge >= 0.3 is 11.9 Å². The predicted molar refractivity (Wildman–Crippen MR) is 100 cm³/mol. The van der Waals surface area contributed by atoms with E-state index in [4.69, 9.17) is 9.84 Å². The minimum Gasteiger partial charge on any atom is -0.478 e. The fourth-order valence-corrected chi connectivity index (χ4v) is 2.87. The van der Waals surface area contributed by atoms with Gasteiger partial charge in [-0.05, 0) is 24.3 Å². The highest BCUT2D eigenvalue weighted by molar-refractivity contribution is 5.98. The van der Waals surface area contributed by atoms with Crippen molar-refractivity contribution in [3.8, 4) is 16.9 Å². The highest BCUT2D eigenvalue weighted by Gasteiger charge is 2.12. The molecular formula is C20H14N4O4. The molecular weight excluding hydrogens is 360 g/mol. The molecule has 0 aliphatic carbocycles. The van der Waals surface area contributed by atoms with Gasteiger partial charge in [-0.3, -0.25) is 4.98 Å². The van der Waals surface area contributed by atoms with E-state index in [-0.39, 0.29) is 5.56 Å². The summed E-state index contributed by atoms with van der Waals surface area (Å²) in [4.78, 5) is 27.1. The van der Waals surface area contributed by atoms with E-state index in [1.54, 1.807) is 53.6 Å². The van der Waals surface area contributed by atoms with E-state index < -0.39 is 11.9 Å². The highest BCUT2D eigenvalue weighted by Crippen LogP contribution is 2.24. The van der Waals surface area contributed by atoms with Gasteiger partial charge in [0.15, 0.2) is 0 Å². The van der Waals surface area contributed by atoms with Gasteiger partial charge < -0.3 is 9.84 Å². The third kappa shape index (κ3) is 3.07. The number of nitrogens with zero attached hydrogens (tertiary/aromatic N) is 4. The third-order valence-corrected chi connectivity index (χ3v) is 4.33. The molecule has 2 aromatic heterocycles. The first-order valence-electron chi connectivity index (χ1n) is 8.29. The van der Waals surface area contributed by atoms with Crippen molar-refractivity contribution in [1.82, 2.24) is 20.0 Å². The van der Waals surface area contributed by atoms with E-state index in [1.165, 1.54) is 19.2 Å². The number of hydrogen-bond acceptors (Lipinski definition) is 6. The number of aromatic nitrogens is 4. The van der Waals surface area contributed by atoms with Crippen molar-refractivity contribution in [3.63, 3.8) is 0 Å². The summed E-state index contributed by atoms with van der Waals surface area (Å²) in [7, 11) is 1.33. The summed E-state index contributed by atoms with van der Waals surface area (Å²) in [6.07, 6.45) is 5.05. The molecule has 1 N–H and O–H groups in total. The lowest BCUT2D eigenvalue weighted by atomic mass is 10.1. The van der Waals surface area contributed by atoms with Crippen LogP contribution in [0.25, 0.3) is 27.7 Å². The van der Waals surface area contributed by atoms with E-state index in [1.807, 2.05) is 0 Å². The Balaban J connectivity index is 1.76. The first-order valence-corrected chi connectivity index (χ1v) is 8.29. The first kappa shape index (κ1) is 17.3. The van der Waals surface area contributed by atoms with Gasteiger partial charge in [-0.2, -0.15) is 0 Å². The number of hydrogen-bond donors (Lipinski definition) is 1. The maximum Gasteiger partial charge on any atom is 0.337 e. The van der Waals surface area contributed by atoms with Crippen LogP contribution in [0.4, 0.5) is 0 Å². The average molecular weight is 374 g/mol. The molecule has 2 heterocycles. The second-order valence-electron chi connectivity index (χ2n) is 6.02. The van der Waals surface area contributed by atoms with Crippen LogP contribution in [0, 0.1) is 0 Å². The van der Waals surface area contributed by atoms with Crippen molar-refractivity contribution in [1.29, 1.82) is 0 Å².